The zero-order chi connectivity index (χ0) is 24.1. The van der Waals surface area contributed by atoms with Crippen LogP contribution in [-0.2, 0) is 20.9 Å². The summed E-state index contributed by atoms with van der Waals surface area (Å²) in [7, 11) is 1.49. The molecule has 1 aliphatic heterocycles. The molecule has 2 aromatic carbocycles. The number of amides is 2. The molecular weight excluding hydrogens is 557 g/mol. The number of hydrogen-bond donors (Lipinski definition) is 0. The first-order chi connectivity index (χ1) is 15.7. The van der Waals surface area contributed by atoms with Crippen molar-refractivity contribution in [2.24, 2.45) is 0 Å². The molecule has 0 radical (unpaired) electrons. The van der Waals surface area contributed by atoms with E-state index in [0.717, 1.165) is 22.2 Å². The lowest BCUT2D eigenvalue weighted by Gasteiger charge is -2.14. The molecule has 0 bridgehead atoms. The molecule has 0 aliphatic carbocycles. The molecule has 0 saturated carbocycles. The molecule has 1 heterocycles. The van der Waals surface area contributed by atoms with Gasteiger partial charge in [0, 0.05) is 0 Å². The third-order valence-electron chi connectivity index (χ3n) is 4.38. The van der Waals surface area contributed by atoms with Crippen molar-refractivity contribution in [1.82, 2.24) is 4.90 Å². The number of esters is 1. The Morgan fingerprint density at radius 2 is 1.94 bits per heavy atom. The number of methoxy groups -OCH3 is 1. The first-order valence-corrected chi connectivity index (χ1v) is 11.9. The van der Waals surface area contributed by atoms with Crippen molar-refractivity contribution in [2.75, 3.05) is 20.3 Å². The molecule has 11 heteroatoms. The number of halogens is 3. The van der Waals surface area contributed by atoms with Crippen molar-refractivity contribution in [3.8, 4) is 11.5 Å². The molecule has 0 aromatic heterocycles. The molecule has 3 rings (SSSR count). The summed E-state index contributed by atoms with van der Waals surface area (Å²) in [4.78, 5) is 37.5. The lowest BCUT2D eigenvalue weighted by molar-refractivity contribution is -0.145. The van der Waals surface area contributed by atoms with Crippen molar-refractivity contribution in [3.05, 3.63) is 60.9 Å². The first kappa shape index (κ1) is 25.4. The summed E-state index contributed by atoms with van der Waals surface area (Å²) >= 11 is 16.2. The van der Waals surface area contributed by atoms with Gasteiger partial charge in [0.05, 0.1) is 33.1 Å². The second-order valence-corrected chi connectivity index (χ2v) is 9.31. The molecule has 7 nitrogen and oxygen atoms in total. The molecule has 1 saturated heterocycles. The molecule has 33 heavy (non-hydrogen) atoms. The maximum Gasteiger partial charge on any atom is 0.326 e. The highest BCUT2D eigenvalue weighted by molar-refractivity contribution is 9.10. The van der Waals surface area contributed by atoms with Gasteiger partial charge in [-0.25, -0.2) is 0 Å². The van der Waals surface area contributed by atoms with Gasteiger partial charge < -0.3 is 14.2 Å². The van der Waals surface area contributed by atoms with Crippen molar-refractivity contribution >= 4 is 74.1 Å². The summed E-state index contributed by atoms with van der Waals surface area (Å²) in [5, 5.41) is 0.346. The van der Waals surface area contributed by atoms with Crippen LogP contribution >= 0.6 is 50.9 Å². The van der Waals surface area contributed by atoms with Crippen LogP contribution in [0, 0.1) is 0 Å². The van der Waals surface area contributed by atoms with Crippen molar-refractivity contribution in [1.29, 1.82) is 0 Å². The van der Waals surface area contributed by atoms with Crippen molar-refractivity contribution in [3.63, 3.8) is 0 Å². The van der Waals surface area contributed by atoms with E-state index in [4.69, 9.17) is 37.4 Å². The Hall–Kier alpha value is -2.20. The van der Waals surface area contributed by atoms with E-state index in [1.54, 1.807) is 43.3 Å². The smallest absolute Gasteiger partial charge is 0.326 e. The van der Waals surface area contributed by atoms with E-state index < -0.39 is 23.7 Å². The normalized spacial score (nSPS) is 14.7. The Bertz CT molecular complexity index is 1140. The molecular formula is C22H18BrCl2NO6S. The summed E-state index contributed by atoms with van der Waals surface area (Å²) in [6.07, 6.45) is 1.55. The predicted octanol–water partition coefficient (Wildman–Crippen LogP) is 5.94. The topological polar surface area (TPSA) is 82.1 Å². The van der Waals surface area contributed by atoms with Crippen LogP contribution in [0.25, 0.3) is 6.08 Å². The van der Waals surface area contributed by atoms with E-state index in [2.05, 4.69) is 15.9 Å². The molecule has 2 amide bonds. The molecule has 1 fully saturated rings. The zero-order valence-electron chi connectivity index (χ0n) is 17.5. The average Bonchev–Trinajstić information content (AvgIpc) is 3.02. The van der Waals surface area contributed by atoms with E-state index in [1.165, 1.54) is 7.11 Å². The van der Waals surface area contributed by atoms with Gasteiger partial charge in [0.25, 0.3) is 11.1 Å². The van der Waals surface area contributed by atoms with Crippen LogP contribution < -0.4 is 9.47 Å². The number of ether oxygens (including phenoxy) is 3. The minimum atomic E-state index is -0.644. The van der Waals surface area contributed by atoms with E-state index in [9.17, 15) is 14.4 Å². The fourth-order valence-electron chi connectivity index (χ4n) is 2.87. The maximum atomic E-state index is 12.6. The fourth-order valence-corrected chi connectivity index (χ4v) is 4.60. The van der Waals surface area contributed by atoms with E-state index >= 15 is 0 Å². The molecule has 174 valence electrons. The van der Waals surface area contributed by atoms with Gasteiger partial charge in [-0.3, -0.25) is 19.3 Å². The number of nitrogens with zero attached hydrogens (tertiary/aromatic N) is 1. The Balaban J connectivity index is 1.79. The lowest BCUT2D eigenvalue weighted by atomic mass is 10.1. The van der Waals surface area contributed by atoms with Gasteiger partial charge >= 0.3 is 5.97 Å². The van der Waals surface area contributed by atoms with Crippen LogP contribution in [0.1, 0.15) is 18.1 Å². The van der Waals surface area contributed by atoms with Crippen LogP contribution in [0.2, 0.25) is 10.0 Å². The quantitative estimate of drug-likeness (QED) is 0.285. The van der Waals surface area contributed by atoms with Gasteiger partial charge in [0.2, 0.25) is 0 Å². The second kappa shape index (κ2) is 11.3. The van der Waals surface area contributed by atoms with Crippen LogP contribution in [0.3, 0.4) is 0 Å². The maximum absolute atomic E-state index is 12.6. The minimum Gasteiger partial charge on any atom is -0.493 e. The molecule has 0 unspecified atom stereocenters. The summed E-state index contributed by atoms with van der Waals surface area (Å²) in [5.74, 6) is -0.334. The largest absolute Gasteiger partial charge is 0.493 e. The van der Waals surface area contributed by atoms with Gasteiger partial charge in [0.15, 0.2) is 11.5 Å². The Morgan fingerprint density at radius 3 is 2.61 bits per heavy atom. The second-order valence-electron chi connectivity index (χ2n) is 6.64. The van der Waals surface area contributed by atoms with E-state index in [1.807, 2.05) is 0 Å². The standard InChI is InChI=1S/C22H18BrCl2NO6S/c1-3-31-19(27)10-26-21(28)18(33-22(26)29)9-13-6-14(23)20(17(8-13)30-2)32-11-12-4-5-15(24)16(25)7-12/h4-9H,3,10-11H2,1-2H3/b18-9-. The summed E-state index contributed by atoms with van der Waals surface area (Å²) in [6, 6.07) is 8.60. The highest BCUT2D eigenvalue weighted by Crippen LogP contribution is 2.39. The SMILES string of the molecule is CCOC(=O)CN1C(=O)S/C(=C\c2cc(Br)c(OCc3ccc(Cl)c(Cl)c3)c(OC)c2)C1=O. The molecule has 0 spiro atoms. The predicted molar refractivity (Wildman–Crippen MR) is 131 cm³/mol. The third-order valence-corrected chi connectivity index (χ3v) is 6.62. The number of carbonyl (C=O) groups is 3. The van der Waals surface area contributed by atoms with Crippen molar-refractivity contribution in [2.45, 2.75) is 13.5 Å². The molecule has 2 aromatic rings. The fraction of sp³-hybridized carbons (Fsp3) is 0.227. The first-order valence-electron chi connectivity index (χ1n) is 9.58. The average molecular weight is 575 g/mol. The van der Waals surface area contributed by atoms with Crippen LogP contribution in [0.5, 0.6) is 11.5 Å². The number of benzene rings is 2. The summed E-state index contributed by atoms with van der Waals surface area (Å²) in [5.41, 5.74) is 1.42. The number of imide groups is 1. The van der Waals surface area contributed by atoms with Gasteiger partial charge in [-0.2, -0.15) is 0 Å². The lowest BCUT2D eigenvalue weighted by Crippen LogP contribution is -2.34. The highest BCUT2D eigenvalue weighted by atomic mass is 79.9. The third kappa shape index (κ3) is 6.23. The number of hydrogen-bond acceptors (Lipinski definition) is 7. The van der Waals surface area contributed by atoms with Gasteiger partial charge in [-0.1, -0.05) is 29.3 Å². The summed E-state index contributed by atoms with van der Waals surface area (Å²) in [6.45, 7) is 1.61. The van der Waals surface area contributed by atoms with Crippen LogP contribution in [-0.4, -0.2) is 42.3 Å². The van der Waals surface area contributed by atoms with Gasteiger partial charge in [-0.15, -0.1) is 0 Å². The zero-order valence-corrected chi connectivity index (χ0v) is 21.4. The summed E-state index contributed by atoms with van der Waals surface area (Å²) < 4.78 is 16.8. The Labute approximate surface area is 213 Å². The van der Waals surface area contributed by atoms with Gasteiger partial charge in [0.1, 0.15) is 13.2 Å². The monoisotopic (exact) mass is 573 g/mol. The highest BCUT2D eigenvalue weighted by Gasteiger charge is 2.36. The van der Waals surface area contributed by atoms with Crippen molar-refractivity contribution < 1.29 is 28.6 Å². The Kier molecular flexibility index (Phi) is 8.69. The number of thioether (sulfide) groups is 1. The van der Waals surface area contributed by atoms with Crippen LogP contribution in [0.4, 0.5) is 4.79 Å². The number of carbonyl (C=O) groups excluding carboxylic acids is 3. The van der Waals surface area contributed by atoms with E-state index in [-0.39, 0.29) is 18.1 Å². The molecule has 1 aliphatic rings. The number of rotatable bonds is 8. The van der Waals surface area contributed by atoms with Crippen LogP contribution in [0.15, 0.2) is 39.7 Å². The minimum absolute atomic E-state index is 0.165. The van der Waals surface area contributed by atoms with E-state index in [0.29, 0.717) is 31.6 Å². The molecule has 0 atom stereocenters. The van der Waals surface area contributed by atoms with Gasteiger partial charge in [-0.05, 0) is 76.1 Å². The molecule has 0 N–H and O–H groups in total. The Morgan fingerprint density at radius 1 is 1.18 bits per heavy atom.